The summed E-state index contributed by atoms with van der Waals surface area (Å²) in [5.74, 6) is 0.0275. The van der Waals surface area contributed by atoms with Gasteiger partial charge in [-0.3, -0.25) is 0 Å². The Bertz CT molecular complexity index is 394. The number of nitrogens with one attached hydrogen (secondary N) is 1. The maximum Gasteiger partial charge on any atom is 0.165 e. The molecule has 1 aliphatic carbocycles. The van der Waals surface area contributed by atoms with Crippen LogP contribution < -0.4 is 5.32 Å². The van der Waals surface area contributed by atoms with Crippen molar-refractivity contribution in [1.29, 1.82) is 0 Å². The number of halogens is 1. The number of phenols is 1. The molecular weight excluding hydrogens is 229 g/mol. The van der Waals surface area contributed by atoms with E-state index in [0.717, 1.165) is 11.5 Å². The Hall–Kier alpha value is -1.09. The number of hydrogen-bond acceptors (Lipinski definition) is 2. The van der Waals surface area contributed by atoms with Gasteiger partial charge in [0.2, 0.25) is 0 Å². The SMILES string of the molecule is CCC1CCCC(NCc2ccc(O)c(F)c2)C1. The van der Waals surface area contributed by atoms with Gasteiger partial charge in [-0.15, -0.1) is 0 Å². The second kappa shape index (κ2) is 6.19. The summed E-state index contributed by atoms with van der Waals surface area (Å²) in [7, 11) is 0. The number of benzene rings is 1. The number of hydrogen-bond donors (Lipinski definition) is 2. The van der Waals surface area contributed by atoms with E-state index < -0.39 is 5.82 Å². The average Bonchev–Trinajstić information content (AvgIpc) is 2.40. The van der Waals surface area contributed by atoms with Gasteiger partial charge in [-0.05, 0) is 36.5 Å². The molecule has 0 heterocycles. The fourth-order valence-corrected chi connectivity index (χ4v) is 2.77. The van der Waals surface area contributed by atoms with Gasteiger partial charge in [0.15, 0.2) is 11.6 Å². The Morgan fingerprint density at radius 1 is 1.39 bits per heavy atom. The van der Waals surface area contributed by atoms with E-state index in [1.54, 1.807) is 6.07 Å². The lowest BCUT2D eigenvalue weighted by Gasteiger charge is -2.29. The van der Waals surface area contributed by atoms with Crippen molar-refractivity contribution in [3.63, 3.8) is 0 Å². The van der Waals surface area contributed by atoms with Crippen LogP contribution in [-0.2, 0) is 6.54 Å². The lowest BCUT2D eigenvalue weighted by atomic mass is 9.84. The Morgan fingerprint density at radius 3 is 2.94 bits per heavy atom. The molecule has 0 amide bonds. The predicted octanol–water partition coefficient (Wildman–Crippen LogP) is 3.59. The normalized spacial score (nSPS) is 24.1. The van der Waals surface area contributed by atoms with Crippen molar-refractivity contribution in [2.45, 2.75) is 51.6 Å². The van der Waals surface area contributed by atoms with E-state index in [4.69, 9.17) is 5.11 Å². The summed E-state index contributed by atoms with van der Waals surface area (Å²) >= 11 is 0. The van der Waals surface area contributed by atoms with Gasteiger partial charge in [-0.25, -0.2) is 4.39 Å². The molecule has 100 valence electrons. The Labute approximate surface area is 108 Å². The van der Waals surface area contributed by atoms with E-state index in [-0.39, 0.29) is 5.75 Å². The lowest BCUT2D eigenvalue weighted by molar-refractivity contribution is 0.278. The first-order valence-corrected chi connectivity index (χ1v) is 6.89. The van der Waals surface area contributed by atoms with E-state index in [0.29, 0.717) is 12.6 Å². The molecule has 2 nitrogen and oxygen atoms in total. The standard InChI is InChI=1S/C15H22FNO/c1-2-11-4-3-5-13(8-11)17-10-12-6-7-15(18)14(16)9-12/h6-7,9,11,13,17-18H,2-5,8,10H2,1H3. The summed E-state index contributed by atoms with van der Waals surface area (Å²) in [6.07, 6.45) is 6.35. The van der Waals surface area contributed by atoms with Gasteiger partial charge in [-0.1, -0.05) is 32.3 Å². The van der Waals surface area contributed by atoms with E-state index in [1.807, 2.05) is 0 Å². The van der Waals surface area contributed by atoms with Crippen LogP contribution in [0.5, 0.6) is 5.75 Å². The Balaban J connectivity index is 1.85. The maximum absolute atomic E-state index is 13.2. The molecule has 18 heavy (non-hydrogen) atoms. The third-order valence-electron chi connectivity index (χ3n) is 3.97. The zero-order valence-corrected chi connectivity index (χ0v) is 11.0. The minimum atomic E-state index is -0.538. The molecule has 2 atom stereocenters. The molecule has 1 saturated carbocycles. The number of phenolic OH excluding ortho intramolecular Hbond substituents is 1. The van der Waals surface area contributed by atoms with Crippen molar-refractivity contribution in [2.75, 3.05) is 0 Å². The molecule has 0 aromatic heterocycles. The first-order chi connectivity index (χ1) is 8.69. The third-order valence-corrected chi connectivity index (χ3v) is 3.97. The van der Waals surface area contributed by atoms with Gasteiger partial charge in [0.1, 0.15) is 0 Å². The highest BCUT2D eigenvalue weighted by atomic mass is 19.1. The van der Waals surface area contributed by atoms with Crippen molar-refractivity contribution in [1.82, 2.24) is 5.32 Å². The van der Waals surface area contributed by atoms with Crippen LogP contribution in [0.25, 0.3) is 0 Å². The molecule has 0 radical (unpaired) electrons. The van der Waals surface area contributed by atoms with Crippen molar-refractivity contribution in [3.8, 4) is 5.75 Å². The fourth-order valence-electron chi connectivity index (χ4n) is 2.77. The summed E-state index contributed by atoms with van der Waals surface area (Å²) in [6.45, 7) is 2.93. The molecule has 2 rings (SSSR count). The van der Waals surface area contributed by atoms with Gasteiger partial charge in [0, 0.05) is 12.6 Å². The first kappa shape index (κ1) is 13.3. The van der Waals surface area contributed by atoms with Crippen LogP contribution in [0.1, 0.15) is 44.6 Å². The number of rotatable bonds is 4. The van der Waals surface area contributed by atoms with Crippen LogP contribution in [0.4, 0.5) is 4.39 Å². The highest BCUT2D eigenvalue weighted by Gasteiger charge is 2.20. The Morgan fingerprint density at radius 2 is 2.22 bits per heavy atom. The van der Waals surface area contributed by atoms with Crippen molar-refractivity contribution < 1.29 is 9.50 Å². The number of aromatic hydroxyl groups is 1. The van der Waals surface area contributed by atoms with Gasteiger partial charge in [0.25, 0.3) is 0 Å². The molecule has 1 aromatic rings. The minimum Gasteiger partial charge on any atom is -0.505 e. The monoisotopic (exact) mass is 251 g/mol. The van der Waals surface area contributed by atoms with E-state index >= 15 is 0 Å². The molecule has 1 aromatic carbocycles. The van der Waals surface area contributed by atoms with E-state index in [2.05, 4.69) is 12.2 Å². The zero-order chi connectivity index (χ0) is 13.0. The molecule has 0 spiro atoms. The summed E-state index contributed by atoms with van der Waals surface area (Å²) in [5, 5.41) is 12.6. The average molecular weight is 251 g/mol. The largest absolute Gasteiger partial charge is 0.505 e. The third kappa shape index (κ3) is 3.45. The van der Waals surface area contributed by atoms with E-state index in [1.165, 1.54) is 44.2 Å². The minimum absolute atomic E-state index is 0.275. The van der Waals surface area contributed by atoms with Crippen LogP contribution >= 0.6 is 0 Å². The molecule has 1 fully saturated rings. The summed E-state index contributed by atoms with van der Waals surface area (Å²) < 4.78 is 13.2. The second-order valence-corrected chi connectivity index (χ2v) is 5.30. The van der Waals surface area contributed by atoms with Crippen LogP contribution in [-0.4, -0.2) is 11.1 Å². The summed E-state index contributed by atoms with van der Waals surface area (Å²) in [4.78, 5) is 0. The summed E-state index contributed by atoms with van der Waals surface area (Å²) in [5.41, 5.74) is 0.893. The zero-order valence-electron chi connectivity index (χ0n) is 11.0. The molecule has 2 unspecified atom stereocenters. The molecule has 0 bridgehead atoms. The molecule has 0 aliphatic heterocycles. The lowest BCUT2D eigenvalue weighted by Crippen LogP contribution is -2.33. The quantitative estimate of drug-likeness (QED) is 0.857. The van der Waals surface area contributed by atoms with Gasteiger partial charge in [-0.2, -0.15) is 0 Å². The van der Waals surface area contributed by atoms with Gasteiger partial charge >= 0.3 is 0 Å². The molecule has 1 aliphatic rings. The topological polar surface area (TPSA) is 32.3 Å². The van der Waals surface area contributed by atoms with Crippen molar-refractivity contribution in [3.05, 3.63) is 29.6 Å². The Kier molecular flexibility index (Phi) is 4.59. The van der Waals surface area contributed by atoms with Crippen molar-refractivity contribution in [2.24, 2.45) is 5.92 Å². The highest BCUT2D eigenvalue weighted by Crippen LogP contribution is 2.26. The van der Waals surface area contributed by atoms with Crippen LogP contribution in [0, 0.1) is 11.7 Å². The van der Waals surface area contributed by atoms with Gasteiger partial charge < -0.3 is 10.4 Å². The van der Waals surface area contributed by atoms with E-state index in [9.17, 15) is 4.39 Å². The summed E-state index contributed by atoms with van der Waals surface area (Å²) in [6, 6.07) is 5.15. The van der Waals surface area contributed by atoms with Crippen LogP contribution in [0.3, 0.4) is 0 Å². The molecular formula is C15H22FNO. The van der Waals surface area contributed by atoms with Crippen LogP contribution in [0.2, 0.25) is 0 Å². The molecule has 0 saturated heterocycles. The maximum atomic E-state index is 13.2. The van der Waals surface area contributed by atoms with Gasteiger partial charge in [0.05, 0.1) is 0 Å². The van der Waals surface area contributed by atoms with Crippen molar-refractivity contribution >= 4 is 0 Å². The molecule has 3 heteroatoms. The fraction of sp³-hybridized carbons (Fsp3) is 0.600. The van der Waals surface area contributed by atoms with Crippen LogP contribution in [0.15, 0.2) is 18.2 Å². The molecule has 2 N–H and O–H groups in total. The predicted molar refractivity (Wildman–Crippen MR) is 70.9 cm³/mol. The smallest absolute Gasteiger partial charge is 0.165 e. The first-order valence-electron chi connectivity index (χ1n) is 6.89. The second-order valence-electron chi connectivity index (χ2n) is 5.30. The highest BCUT2D eigenvalue weighted by molar-refractivity contribution is 5.27.